The fraction of sp³-hybridized carbons (Fsp3) is 0.571. The molecule has 0 saturated heterocycles. The van der Waals surface area contributed by atoms with Gasteiger partial charge in [-0.3, -0.25) is 0 Å². The topological polar surface area (TPSA) is 23.5 Å². The molecule has 0 saturated carbocycles. The Kier molecular flexibility index (Phi) is 3.49. The molecule has 1 heterocycles. The second kappa shape index (κ2) is 4.88. The van der Waals surface area contributed by atoms with Crippen LogP contribution in [0, 0.1) is 0 Å². The zero-order valence-corrected chi connectivity index (χ0v) is 10.2. The van der Waals surface area contributed by atoms with Gasteiger partial charge in [0.25, 0.3) is 0 Å². The van der Waals surface area contributed by atoms with Crippen molar-refractivity contribution in [2.75, 3.05) is 18.5 Å². The maximum absolute atomic E-state index is 9.53. The van der Waals surface area contributed by atoms with Gasteiger partial charge in [-0.15, -0.1) is 0 Å². The minimum atomic E-state index is -0.250. The summed E-state index contributed by atoms with van der Waals surface area (Å²) in [6.07, 6.45) is 4.20. The quantitative estimate of drug-likeness (QED) is 0.825. The SMILES string of the molecule is CC(O)Cc1cccc2c1CCCCN2C. The molecular formula is C14H21NO. The molecule has 0 spiro atoms. The molecule has 0 fully saturated rings. The molecule has 1 aromatic carbocycles. The molecule has 2 nitrogen and oxygen atoms in total. The minimum Gasteiger partial charge on any atom is -0.393 e. The third kappa shape index (κ3) is 2.38. The minimum absolute atomic E-state index is 0.250. The van der Waals surface area contributed by atoms with E-state index in [1.54, 1.807) is 0 Å². The lowest BCUT2D eigenvalue weighted by Gasteiger charge is -2.21. The molecule has 0 aromatic heterocycles. The first-order chi connectivity index (χ1) is 7.68. The maximum Gasteiger partial charge on any atom is 0.0552 e. The highest BCUT2D eigenvalue weighted by Crippen LogP contribution is 2.28. The highest BCUT2D eigenvalue weighted by molar-refractivity contribution is 5.57. The van der Waals surface area contributed by atoms with E-state index in [1.165, 1.54) is 29.7 Å². The van der Waals surface area contributed by atoms with Crippen LogP contribution in [0.4, 0.5) is 5.69 Å². The second-order valence-corrected chi connectivity index (χ2v) is 4.85. The van der Waals surface area contributed by atoms with Gasteiger partial charge in [0.1, 0.15) is 0 Å². The number of hydrogen-bond donors (Lipinski definition) is 1. The first-order valence-corrected chi connectivity index (χ1v) is 6.18. The number of aliphatic hydroxyl groups excluding tert-OH is 1. The fourth-order valence-corrected chi connectivity index (χ4v) is 2.55. The van der Waals surface area contributed by atoms with Crippen molar-refractivity contribution < 1.29 is 5.11 Å². The van der Waals surface area contributed by atoms with Gasteiger partial charge in [-0.1, -0.05) is 12.1 Å². The Morgan fingerprint density at radius 1 is 1.38 bits per heavy atom. The van der Waals surface area contributed by atoms with Crippen LogP contribution in [0.1, 0.15) is 30.9 Å². The number of benzene rings is 1. The lowest BCUT2D eigenvalue weighted by Crippen LogP contribution is -2.18. The molecule has 0 radical (unpaired) electrons. The van der Waals surface area contributed by atoms with Crippen LogP contribution in [-0.2, 0) is 12.8 Å². The van der Waals surface area contributed by atoms with E-state index >= 15 is 0 Å². The standard InChI is InChI=1S/C14H21NO/c1-11(16)10-12-6-5-8-14-13(12)7-3-4-9-15(14)2/h5-6,8,11,16H,3-4,7,9-10H2,1-2H3. The van der Waals surface area contributed by atoms with Crippen LogP contribution in [0.5, 0.6) is 0 Å². The van der Waals surface area contributed by atoms with Crippen molar-refractivity contribution >= 4 is 5.69 Å². The zero-order chi connectivity index (χ0) is 11.5. The molecule has 0 aliphatic carbocycles. The largest absolute Gasteiger partial charge is 0.393 e. The molecule has 1 aliphatic rings. The highest BCUT2D eigenvalue weighted by Gasteiger charge is 2.15. The summed E-state index contributed by atoms with van der Waals surface area (Å²) in [5, 5.41) is 9.53. The van der Waals surface area contributed by atoms with Crippen molar-refractivity contribution in [2.24, 2.45) is 0 Å². The van der Waals surface area contributed by atoms with Crippen molar-refractivity contribution in [3.8, 4) is 0 Å². The van der Waals surface area contributed by atoms with E-state index < -0.39 is 0 Å². The lowest BCUT2D eigenvalue weighted by molar-refractivity contribution is 0.195. The first kappa shape index (κ1) is 11.5. The molecular weight excluding hydrogens is 198 g/mol. The summed E-state index contributed by atoms with van der Waals surface area (Å²) >= 11 is 0. The highest BCUT2D eigenvalue weighted by atomic mass is 16.3. The Morgan fingerprint density at radius 3 is 2.94 bits per heavy atom. The maximum atomic E-state index is 9.53. The second-order valence-electron chi connectivity index (χ2n) is 4.85. The van der Waals surface area contributed by atoms with E-state index in [9.17, 15) is 5.11 Å². The molecule has 0 amide bonds. The zero-order valence-electron chi connectivity index (χ0n) is 10.2. The van der Waals surface area contributed by atoms with Crippen LogP contribution in [0.3, 0.4) is 0 Å². The molecule has 1 aromatic rings. The molecule has 16 heavy (non-hydrogen) atoms. The van der Waals surface area contributed by atoms with Crippen LogP contribution in [-0.4, -0.2) is 24.8 Å². The van der Waals surface area contributed by atoms with Crippen molar-refractivity contribution in [2.45, 2.75) is 38.7 Å². The fourth-order valence-electron chi connectivity index (χ4n) is 2.55. The van der Waals surface area contributed by atoms with Crippen LogP contribution in [0.15, 0.2) is 18.2 Å². The Hall–Kier alpha value is -1.02. The number of fused-ring (bicyclic) bond motifs is 1. The summed E-state index contributed by atoms with van der Waals surface area (Å²) in [5.41, 5.74) is 4.13. The van der Waals surface area contributed by atoms with Crippen LogP contribution >= 0.6 is 0 Å². The van der Waals surface area contributed by atoms with Gasteiger partial charge in [0.2, 0.25) is 0 Å². The van der Waals surface area contributed by atoms with E-state index in [0.717, 1.165) is 19.4 Å². The molecule has 1 atom stereocenters. The normalized spacial score (nSPS) is 17.8. The molecule has 2 heteroatoms. The number of aliphatic hydroxyl groups is 1. The summed E-state index contributed by atoms with van der Waals surface area (Å²) in [6, 6.07) is 6.47. The summed E-state index contributed by atoms with van der Waals surface area (Å²) in [7, 11) is 2.16. The van der Waals surface area contributed by atoms with Crippen LogP contribution in [0.2, 0.25) is 0 Å². The molecule has 0 bridgehead atoms. The van der Waals surface area contributed by atoms with E-state index in [2.05, 4.69) is 30.1 Å². The molecule has 1 aliphatic heterocycles. The van der Waals surface area contributed by atoms with Crippen LogP contribution in [0.25, 0.3) is 0 Å². The average Bonchev–Trinajstić information content (AvgIpc) is 2.41. The Labute approximate surface area is 97.9 Å². The molecule has 2 rings (SSSR count). The van der Waals surface area contributed by atoms with Gasteiger partial charge in [0.15, 0.2) is 0 Å². The Morgan fingerprint density at radius 2 is 2.19 bits per heavy atom. The van der Waals surface area contributed by atoms with Gasteiger partial charge in [0, 0.05) is 19.3 Å². The number of anilines is 1. The number of nitrogens with zero attached hydrogens (tertiary/aromatic N) is 1. The van der Waals surface area contributed by atoms with E-state index in [-0.39, 0.29) is 6.10 Å². The first-order valence-electron chi connectivity index (χ1n) is 6.18. The third-order valence-electron chi connectivity index (χ3n) is 3.35. The summed E-state index contributed by atoms with van der Waals surface area (Å²) in [6.45, 7) is 3.00. The number of hydrogen-bond acceptors (Lipinski definition) is 2. The third-order valence-corrected chi connectivity index (χ3v) is 3.35. The van der Waals surface area contributed by atoms with Gasteiger partial charge >= 0.3 is 0 Å². The van der Waals surface area contributed by atoms with E-state index in [1.807, 2.05) is 6.92 Å². The average molecular weight is 219 g/mol. The van der Waals surface area contributed by atoms with Gasteiger partial charge in [-0.2, -0.15) is 0 Å². The van der Waals surface area contributed by atoms with Gasteiger partial charge < -0.3 is 10.0 Å². The smallest absolute Gasteiger partial charge is 0.0552 e. The predicted molar refractivity (Wildman–Crippen MR) is 68.0 cm³/mol. The van der Waals surface area contributed by atoms with E-state index in [0.29, 0.717) is 0 Å². The van der Waals surface area contributed by atoms with E-state index in [4.69, 9.17) is 0 Å². The molecule has 88 valence electrons. The van der Waals surface area contributed by atoms with Crippen LogP contribution < -0.4 is 4.90 Å². The van der Waals surface area contributed by atoms with Gasteiger partial charge in [0.05, 0.1) is 6.10 Å². The van der Waals surface area contributed by atoms with Crippen molar-refractivity contribution in [3.05, 3.63) is 29.3 Å². The van der Waals surface area contributed by atoms with Crippen molar-refractivity contribution in [1.82, 2.24) is 0 Å². The van der Waals surface area contributed by atoms with Crippen molar-refractivity contribution in [1.29, 1.82) is 0 Å². The summed E-state index contributed by atoms with van der Waals surface area (Å²) < 4.78 is 0. The Bertz CT molecular complexity index is 360. The van der Waals surface area contributed by atoms with Crippen molar-refractivity contribution in [3.63, 3.8) is 0 Å². The summed E-state index contributed by atoms with van der Waals surface area (Å²) in [4.78, 5) is 2.34. The molecule has 1 unspecified atom stereocenters. The Balaban J connectivity index is 2.36. The summed E-state index contributed by atoms with van der Waals surface area (Å²) in [5.74, 6) is 0. The van der Waals surface area contributed by atoms with Gasteiger partial charge in [-0.25, -0.2) is 0 Å². The van der Waals surface area contributed by atoms with Gasteiger partial charge in [-0.05, 0) is 49.8 Å². The predicted octanol–water partition coefficient (Wildman–Crippen LogP) is 2.38. The molecule has 1 N–H and O–H groups in total. The lowest BCUT2D eigenvalue weighted by atomic mass is 9.97. The number of rotatable bonds is 2. The monoisotopic (exact) mass is 219 g/mol.